The van der Waals surface area contributed by atoms with E-state index >= 15 is 0 Å². The Balaban J connectivity index is 1.84. The summed E-state index contributed by atoms with van der Waals surface area (Å²) in [6, 6.07) is 6.96. The van der Waals surface area contributed by atoms with Crippen LogP contribution < -0.4 is 10.6 Å². The van der Waals surface area contributed by atoms with Gasteiger partial charge in [-0.1, -0.05) is 30.5 Å². The van der Waals surface area contributed by atoms with E-state index in [4.69, 9.17) is 0 Å². The topological polar surface area (TPSA) is 49.8 Å². The smallest absolute Gasteiger partial charge is 0.136 e. The van der Waals surface area contributed by atoms with Gasteiger partial charge in [0, 0.05) is 17.8 Å². The Kier molecular flexibility index (Phi) is 4.51. The van der Waals surface area contributed by atoms with Crippen molar-refractivity contribution in [2.24, 2.45) is 0 Å². The zero-order chi connectivity index (χ0) is 16.4. The van der Waals surface area contributed by atoms with E-state index in [1.807, 2.05) is 13.0 Å². The maximum atomic E-state index is 4.55. The van der Waals surface area contributed by atoms with Crippen molar-refractivity contribution in [2.45, 2.75) is 59.4 Å². The molecule has 0 bridgehead atoms. The number of aromatic nitrogens is 2. The Morgan fingerprint density at radius 1 is 0.870 bits per heavy atom. The molecule has 0 spiro atoms. The summed E-state index contributed by atoms with van der Waals surface area (Å²) >= 11 is 0. The standard InChI is InChI=1S/C19H26N4/c1-12-9-13(2)19(14(3)10-12)23-18-11-17(20-15(4)21-18)22-16-7-5-6-8-16/h9-11,16H,5-8H2,1-4H3,(H2,20,21,22,23). The van der Waals surface area contributed by atoms with Gasteiger partial charge in [0.2, 0.25) is 0 Å². The largest absolute Gasteiger partial charge is 0.367 e. The molecular weight excluding hydrogens is 284 g/mol. The first-order valence-electron chi connectivity index (χ1n) is 8.48. The molecule has 122 valence electrons. The molecule has 23 heavy (non-hydrogen) atoms. The van der Waals surface area contributed by atoms with E-state index in [1.165, 1.54) is 42.4 Å². The van der Waals surface area contributed by atoms with Gasteiger partial charge in [0.05, 0.1) is 0 Å². The highest BCUT2D eigenvalue weighted by Gasteiger charge is 2.16. The average Bonchev–Trinajstić information content (AvgIpc) is 2.95. The monoisotopic (exact) mass is 310 g/mol. The van der Waals surface area contributed by atoms with Crippen LogP contribution in [-0.4, -0.2) is 16.0 Å². The predicted octanol–water partition coefficient (Wildman–Crippen LogP) is 4.81. The van der Waals surface area contributed by atoms with E-state index in [1.54, 1.807) is 0 Å². The van der Waals surface area contributed by atoms with Crippen LogP contribution in [0, 0.1) is 27.7 Å². The molecule has 0 unspecified atom stereocenters. The van der Waals surface area contributed by atoms with Crippen molar-refractivity contribution in [3.63, 3.8) is 0 Å². The fourth-order valence-corrected chi connectivity index (χ4v) is 3.49. The van der Waals surface area contributed by atoms with Crippen molar-refractivity contribution in [3.8, 4) is 0 Å². The van der Waals surface area contributed by atoms with Crippen molar-refractivity contribution in [3.05, 3.63) is 40.7 Å². The van der Waals surface area contributed by atoms with Crippen molar-refractivity contribution in [1.82, 2.24) is 9.97 Å². The lowest BCUT2D eigenvalue weighted by atomic mass is 10.1. The summed E-state index contributed by atoms with van der Waals surface area (Å²) in [5.41, 5.74) is 4.90. The molecule has 2 aromatic rings. The number of nitrogens with zero attached hydrogens (tertiary/aromatic N) is 2. The van der Waals surface area contributed by atoms with E-state index in [0.29, 0.717) is 6.04 Å². The first-order chi connectivity index (χ1) is 11.0. The maximum absolute atomic E-state index is 4.55. The first kappa shape index (κ1) is 15.8. The van der Waals surface area contributed by atoms with Crippen LogP contribution in [0.15, 0.2) is 18.2 Å². The van der Waals surface area contributed by atoms with Crippen LogP contribution in [0.1, 0.15) is 48.2 Å². The summed E-state index contributed by atoms with van der Waals surface area (Å²) in [5, 5.41) is 7.04. The second kappa shape index (κ2) is 6.57. The van der Waals surface area contributed by atoms with Crippen LogP contribution in [0.5, 0.6) is 0 Å². The predicted molar refractivity (Wildman–Crippen MR) is 96.6 cm³/mol. The molecule has 2 N–H and O–H groups in total. The number of nitrogens with one attached hydrogen (secondary N) is 2. The van der Waals surface area contributed by atoms with Crippen LogP contribution in [0.2, 0.25) is 0 Å². The number of aryl methyl sites for hydroxylation is 4. The summed E-state index contributed by atoms with van der Waals surface area (Å²) in [6.07, 6.45) is 5.10. The SMILES string of the molecule is Cc1cc(C)c(Nc2cc(NC3CCCC3)nc(C)n2)c(C)c1. The third-order valence-electron chi connectivity index (χ3n) is 4.48. The second-order valence-corrected chi connectivity index (χ2v) is 6.71. The Morgan fingerprint density at radius 2 is 1.48 bits per heavy atom. The molecule has 0 radical (unpaired) electrons. The molecule has 1 fully saturated rings. The van der Waals surface area contributed by atoms with Crippen molar-refractivity contribution >= 4 is 17.3 Å². The van der Waals surface area contributed by atoms with Gasteiger partial charge in [0.1, 0.15) is 17.5 Å². The molecule has 0 aliphatic heterocycles. The minimum atomic E-state index is 0.556. The molecule has 4 nitrogen and oxygen atoms in total. The summed E-state index contributed by atoms with van der Waals surface area (Å²) in [6.45, 7) is 8.34. The Labute approximate surface area is 138 Å². The Hall–Kier alpha value is -2.10. The number of hydrogen-bond donors (Lipinski definition) is 2. The molecule has 1 aliphatic carbocycles. The van der Waals surface area contributed by atoms with Crippen molar-refractivity contribution in [2.75, 3.05) is 10.6 Å². The zero-order valence-corrected chi connectivity index (χ0v) is 14.5. The fourth-order valence-electron chi connectivity index (χ4n) is 3.49. The lowest BCUT2D eigenvalue weighted by molar-refractivity contribution is 0.748. The van der Waals surface area contributed by atoms with E-state index in [9.17, 15) is 0 Å². The molecule has 1 aromatic heterocycles. The highest BCUT2D eigenvalue weighted by Crippen LogP contribution is 2.27. The van der Waals surface area contributed by atoms with Gasteiger partial charge in [0.25, 0.3) is 0 Å². The van der Waals surface area contributed by atoms with E-state index < -0.39 is 0 Å². The fraction of sp³-hybridized carbons (Fsp3) is 0.474. The van der Waals surface area contributed by atoms with Crippen LogP contribution in [-0.2, 0) is 0 Å². The zero-order valence-electron chi connectivity index (χ0n) is 14.5. The minimum absolute atomic E-state index is 0.556. The summed E-state index contributed by atoms with van der Waals surface area (Å²) in [7, 11) is 0. The minimum Gasteiger partial charge on any atom is -0.367 e. The molecular formula is C19H26N4. The molecule has 4 heteroatoms. The van der Waals surface area contributed by atoms with Gasteiger partial charge in [-0.05, 0) is 51.7 Å². The van der Waals surface area contributed by atoms with E-state index in [-0.39, 0.29) is 0 Å². The molecule has 1 saturated carbocycles. The third-order valence-corrected chi connectivity index (χ3v) is 4.48. The van der Waals surface area contributed by atoms with Crippen LogP contribution >= 0.6 is 0 Å². The van der Waals surface area contributed by atoms with Crippen LogP contribution in [0.4, 0.5) is 17.3 Å². The third kappa shape index (κ3) is 3.81. The van der Waals surface area contributed by atoms with E-state index in [0.717, 1.165) is 23.1 Å². The highest BCUT2D eigenvalue weighted by atomic mass is 15.1. The molecule has 0 atom stereocenters. The quantitative estimate of drug-likeness (QED) is 0.851. The van der Waals surface area contributed by atoms with Crippen LogP contribution in [0.25, 0.3) is 0 Å². The lowest BCUT2D eigenvalue weighted by Gasteiger charge is -2.16. The van der Waals surface area contributed by atoms with Gasteiger partial charge in [-0.3, -0.25) is 0 Å². The number of anilines is 3. The summed E-state index contributed by atoms with van der Waals surface area (Å²) < 4.78 is 0. The number of benzene rings is 1. The summed E-state index contributed by atoms with van der Waals surface area (Å²) in [5.74, 6) is 2.57. The van der Waals surface area contributed by atoms with Crippen molar-refractivity contribution in [1.29, 1.82) is 0 Å². The molecule has 0 amide bonds. The van der Waals surface area contributed by atoms with Gasteiger partial charge >= 0.3 is 0 Å². The normalized spacial score (nSPS) is 15.0. The first-order valence-corrected chi connectivity index (χ1v) is 8.48. The van der Waals surface area contributed by atoms with Crippen molar-refractivity contribution < 1.29 is 0 Å². The van der Waals surface area contributed by atoms with Gasteiger partial charge in [-0.25, -0.2) is 9.97 Å². The number of rotatable bonds is 4. The maximum Gasteiger partial charge on any atom is 0.136 e. The molecule has 0 saturated heterocycles. The molecule has 3 rings (SSSR count). The molecule has 1 aromatic carbocycles. The van der Waals surface area contributed by atoms with Gasteiger partial charge in [-0.15, -0.1) is 0 Å². The molecule has 1 heterocycles. The van der Waals surface area contributed by atoms with Gasteiger partial charge < -0.3 is 10.6 Å². The Morgan fingerprint density at radius 3 is 2.13 bits per heavy atom. The van der Waals surface area contributed by atoms with E-state index in [2.05, 4.69) is 53.5 Å². The number of hydrogen-bond acceptors (Lipinski definition) is 4. The average molecular weight is 310 g/mol. The van der Waals surface area contributed by atoms with Crippen LogP contribution in [0.3, 0.4) is 0 Å². The van der Waals surface area contributed by atoms with Gasteiger partial charge in [0.15, 0.2) is 0 Å². The highest BCUT2D eigenvalue weighted by molar-refractivity contribution is 5.66. The lowest BCUT2D eigenvalue weighted by Crippen LogP contribution is -2.16. The summed E-state index contributed by atoms with van der Waals surface area (Å²) in [4.78, 5) is 9.08. The van der Waals surface area contributed by atoms with Gasteiger partial charge in [-0.2, -0.15) is 0 Å². The molecule has 1 aliphatic rings. The second-order valence-electron chi connectivity index (χ2n) is 6.71. The Bertz CT molecular complexity index is 680.